The Kier molecular flexibility index (Phi) is 9.97. The van der Waals surface area contributed by atoms with Crippen molar-refractivity contribution in [1.29, 1.82) is 0 Å². The monoisotopic (exact) mass is 327 g/mol. The second-order valence-corrected chi connectivity index (χ2v) is 4.43. The number of carboxylic acid groups (broad SMARTS) is 1. The van der Waals surface area contributed by atoms with Crippen LogP contribution in [0.4, 0.5) is 0 Å². The van der Waals surface area contributed by atoms with Crippen molar-refractivity contribution in [2.24, 2.45) is 0 Å². The maximum absolute atomic E-state index is 11.1. The first-order valence-corrected chi connectivity index (χ1v) is 6.74. The van der Waals surface area contributed by atoms with Crippen LogP contribution in [0.15, 0.2) is 0 Å². The fourth-order valence-electron chi connectivity index (χ4n) is 1.12. The average Bonchev–Trinajstić information content (AvgIpc) is 2.19. The van der Waals surface area contributed by atoms with Gasteiger partial charge >= 0.3 is 5.97 Å². The molecule has 15 heavy (non-hydrogen) atoms. The van der Waals surface area contributed by atoms with Crippen LogP contribution in [0, 0.1) is 0 Å². The minimum absolute atomic E-state index is 0.102. The van der Waals surface area contributed by atoms with Crippen molar-refractivity contribution in [2.75, 3.05) is 11.0 Å². The molecule has 4 nitrogen and oxygen atoms in total. The van der Waals surface area contributed by atoms with Gasteiger partial charge in [0.2, 0.25) is 5.91 Å². The maximum Gasteiger partial charge on any atom is 0.303 e. The van der Waals surface area contributed by atoms with Crippen LogP contribution in [0.5, 0.6) is 0 Å². The molecular weight excluding hydrogens is 309 g/mol. The minimum atomic E-state index is -0.749. The number of hydrogen-bond acceptors (Lipinski definition) is 2. The number of carbonyl (C=O) groups excluding carboxylic acids is 1. The van der Waals surface area contributed by atoms with E-state index in [0.717, 1.165) is 23.7 Å². The van der Waals surface area contributed by atoms with E-state index in [-0.39, 0.29) is 12.3 Å². The lowest BCUT2D eigenvalue weighted by Crippen LogP contribution is -2.24. The van der Waals surface area contributed by atoms with Crippen molar-refractivity contribution < 1.29 is 14.7 Å². The molecule has 0 unspecified atom stereocenters. The molecule has 0 heterocycles. The van der Waals surface area contributed by atoms with Gasteiger partial charge in [0.25, 0.3) is 0 Å². The van der Waals surface area contributed by atoms with E-state index < -0.39 is 5.97 Å². The summed E-state index contributed by atoms with van der Waals surface area (Å²) in [5, 5.41) is 11.2. The van der Waals surface area contributed by atoms with Crippen LogP contribution in [0.25, 0.3) is 0 Å². The largest absolute Gasteiger partial charge is 0.481 e. The molecule has 0 aromatic rings. The summed E-state index contributed by atoms with van der Waals surface area (Å²) in [4.78, 5) is 21.3. The smallest absolute Gasteiger partial charge is 0.303 e. The van der Waals surface area contributed by atoms with Crippen LogP contribution in [0.3, 0.4) is 0 Å². The molecule has 0 spiro atoms. The molecule has 0 saturated carbocycles. The van der Waals surface area contributed by atoms with Crippen LogP contribution in [-0.4, -0.2) is 28.0 Å². The zero-order valence-electron chi connectivity index (χ0n) is 8.80. The summed E-state index contributed by atoms with van der Waals surface area (Å²) in [5.41, 5.74) is 0. The van der Waals surface area contributed by atoms with Gasteiger partial charge in [0, 0.05) is 23.8 Å². The first-order valence-electron chi connectivity index (χ1n) is 5.21. The highest BCUT2D eigenvalue weighted by Gasteiger charge is 2.00. The molecule has 0 aliphatic carbocycles. The molecule has 1 amide bonds. The number of hydrogen-bond donors (Lipinski definition) is 2. The highest BCUT2D eigenvalue weighted by atomic mass is 127. The number of unbranched alkanes of at least 4 members (excludes halogenated alkanes) is 2. The molecule has 0 aliphatic heterocycles. The third-order valence-corrected chi connectivity index (χ3v) is 2.69. The van der Waals surface area contributed by atoms with E-state index in [1.54, 1.807) is 0 Å². The third-order valence-electron chi connectivity index (χ3n) is 1.93. The Morgan fingerprint density at radius 3 is 2.40 bits per heavy atom. The standard InChI is InChI=1S/C10H18INO3/c11-7-4-5-9(13)12-8-3-1-2-6-10(14)15/h1-8H2,(H,12,13)(H,14,15). The van der Waals surface area contributed by atoms with E-state index >= 15 is 0 Å². The topological polar surface area (TPSA) is 66.4 Å². The van der Waals surface area contributed by atoms with Gasteiger partial charge in [-0.3, -0.25) is 9.59 Å². The van der Waals surface area contributed by atoms with E-state index in [1.165, 1.54) is 0 Å². The van der Waals surface area contributed by atoms with Gasteiger partial charge < -0.3 is 10.4 Å². The number of nitrogens with one attached hydrogen (secondary N) is 1. The Hall–Kier alpha value is -0.330. The Morgan fingerprint density at radius 2 is 1.80 bits per heavy atom. The van der Waals surface area contributed by atoms with Crippen LogP contribution in [0.1, 0.15) is 38.5 Å². The summed E-state index contributed by atoms with van der Waals surface area (Å²) >= 11 is 2.25. The summed E-state index contributed by atoms with van der Waals surface area (Å²) in [6, 6.07) is 0. The first-order chi connectivity index (χ1) is 7.16. The summed E-state index contributed by atoms with van der Waals surface area (Å²) in [5.74, 6) is -0.647. The van der Waals surface area contributed by atoms with Gasteiger partial charge in [-0.2, -0.15) is 0 Å². The molecular formula is C10H18INO3. The van der Waals surface area contributed by atoms with Gasteiger partial charge in [-0.15, -0.1) is 0 Å². The minimum Gasteiger partial charge on any atom is -0.481 e. The Balaban J connectivity index is 3.16. The van der Waals surface area contributed by atoms with Crippen molar-refractivity contribution in [2.45, 2.75) is 38.5 Å². The second-order valence-electron chi connectivity index (χ2n) is 3.35. The molecule has 0 atom stereocenters. The zero-order chi connectivity index (χ0) is 11.5. The van der Waals surface area contributed by atoms with Gasteiger partial charge in [-0.05, 0) is 19.3 Å². The van der Waals surface area contributed by atoms with Crippen molar-refractivity contribution in [1.82, 2.24) is 5.32 Å². The molecule has 88 valence electrons. The van der Waals surface area contributed by atoms with E-state index in [0.29, 0.717) is 19.4 Å². The maximum atomic E-state index is 11.1. The lowest BCUT2D eigenvalue weighted by molar-refractivity contribution is -0.137. The van der Waals surface area contributed by atoms with E-state index in [9.17, 15) is 9.59 Å². The fourth-order valence-corrected chi connectivity index (χ4v) is 1.50. The second kappa shape index (κ2) is 10.2. The molecule has 0 bridgehead atoms. The third kappa shape index (κ3) is 11.6. The van der Waals surface area contributed by atoms with Gasteiger partial charge in [-0.1, -0.05) is 29.0 Å². The molecule has 0 radical (unpaired) electrons. The summed E-state index contributed by atoms with van der Waals surface area (Å²) in [6.45, 7) is 0.666. The van der Waals surface area contributed by atoms with E-state index in [1.807, 2.05) is 0 Å². The van der Waals surface area contributed by atoms with Crippen LogP contribution in [0.2, 0.25) is 0 Å². The number of carbonyl (C=O) groups is 2. The SMILES string of the molecule is O=C(O)CCCCCNC(=O)CCCI. The van der Waals surface area contributed by atoms with Gasteiger partial charge in [0.05, 0.1) is 0 Å². The van der Waals surface area contributed by atoms with E-state index in [4.69, 9.17) is 5.11 Å². The molecule has 2 N–H and O–H groups in total. The molecule has 0 rings (SSSR count). The Labute approximate surface area is 104 Å². The first kappa shape index (κ1) is 14.7. The van der Waals surface area contributed by atoms with Crippen molar-refractivity contribution in [3.05, 3.63) is 0 Å². The van der Waals surface area contributed by atoms with Gasteiger partial charge in [0.1, 0.15) is 0 Å². The molecule has 0 fully saturated rings. The van der Waals surface area contributed by atoms with Gasteiger partial charge in [-0.25, -0.2) is 0 Å². The van der Waals surface area contributed by atoms with Crippen molar-refractivity contribution >= 4 is 34.5 Å². The molecule has 5 heteroatoms. The zero-order valence-corrected chi connectivity index (χ0v) is 11.0. The van der Waals surface area contributed by atoms with Crippen molar-refractivity contribution in [3.8, 4) is 0 Å². The molecule has 0 aromatic carbocycles. The number of rotatable bonds is 9. The predicted molar refractivity (Wildman–Crippen MR) is 67.2 cm³/mol. The van der Waals surface area contributed by atoms with Crippen LogP contribution < -0.4 is 5.32 Å². The lowest BCUT2D eigenvalue weighted by Gasteiger charge is -2.03. The number of alkyl halides is 1. The highest BCUT2D eigenvalue weighted by molar-refractivity contribution is 14.1. The fraction of sp³-hybridized carbons (Fsp3) is 0.800. The molecule has 0 aromatic heterocycles. The van der Waals surface area contributed by atoms with Crippen LogP contribution in [-0.2, 0) is 9.59 Å². The number of amides is 1. The Bertz CT molecular complexity index is 197. The average molecular weight is 327 g/mol. The number of halogens is 1. The lowest BCUT2D eigenvalue weighted by atomic mass is 10.2. The summed E-state index contributed by atoms with van der Waals surface area (Å²) < 4.78 is 1.00. The van der Waals surface area contributed by atoms with E-state index in [2.05, 4.69) is 27.9 Å². The Morgan fingerprint density at radius 1 is 1.07 bits per heavy atom. The highest BCUT2D eigenvalue weighted by Crippen LogP contribution is 1.99. The molecule has 0 aliphatic rings. The quantitative estimate of drug-likeness (QED) is 0.386. The van der Waals surface area contributed by atoms with Gasteiger partial charge in [0.15, 0.2) is 0 Å². The van der Waals surface area contributed by atoms with Crippen LogP contribution >= 0.6 is 22.6 Å². The summed E-state index contributed by atoms with van der Waals surface area (Å²) in [6.07, 6.45) is 4.16. The van der Waals surface area contributed by atoms with Crippen molar-refractivity contribution in [3.63, 3.8) is 0 Å². The predicted octanol–water partition coefficient (Wildman–Crippen LogP) is 1.96. The normalized spacial score (nSPS) is 9.93. The molecule has 0 saturated heterocycles. The number of aliphatic carboxylic acids is 1. The number of carboxylic acids is 1. The summed E-state index contributed by atoms with van der Waals surface area (Å²) in [7, 11) is 0.